The number of hydrogen-bond acceptors (Lipinski definition) is 5. The first kappa shape index (κ1) is 18.2. The van der Waals surface area contributed by atoms with E-state index in [0.29, 0.717) is 24.0 Å². The summed E-state index contributed by atoms with van der Waals surface area (Å²) in [6.45, 7) is 8.90. The predicted octanol–water partition coefficient (Wildman–Crippen LogP) is 1.97. The summed E-state index contributed by atoms with van der Waals surface area (Å²) in [6.07, 6.45) is 2.85. The molecule has 6 heteroatoms. The third kappa shape index (κ3) is 4.93. The highest BCUT2D eigenvalue weighted by molar-refractivity contribution is 5.77. The first-order chi connectivity index (χ1) is 11.5. The van der Waals surface area contributed by atoms with Crippen molar-refractivity contribution in [2.45, 2.75) is 46.1 Å². The lowest BCUT2D eigenvalue weighted by atomic mass is 10.0. The number of likely N-dealkylation sites (tertiary alicyclic amines) is 1. The van der Waals surface area contributed by atoms with Crippen LogP contribution in [0.1, 0.15) is 43.0 Å². The lowest BCUT2D eigenvalue weighted by Crippen LogP contribution is -2.44. The van der Waals surface area contributed by atoms with Gasteiger partial charge in [-0.05, 0) is 44.7 Å². The minimum Gasteiger partial charge on any atom is -0.366 e. The molecule has 1 aliphatic rings. The van der Waals surface area contributed by atoms with Gasteiger partial charge in [0.2, 0.25) is 5.91 Å². The lowest BCUT2D eigenvalue weighted by Gasteiger charge is -2.32. The minimum absolute atomic E-state index is 0.103. The van der Waals surface area contributed by atoms with Gasteiger partial charge in [-0.2, -0.15) is 5.26 Å². The molecule has 0 radical (unpaired) electrons. The Bertz CT molecular complexity index is 615. The van der Waals surface area contributed by atoms with Gasteiger partial charge in [-0.1, -0.05) is 6.92 Å². The molecule has 6 nitrogen and oxygen atoms in total. The second-order valence-corrected chi connectivity index (χ2v) is 6.46. The number of pyridine rings is 1. The number of piperidine rings is 1. The molecule has 1 amide bonds. The number of rotatable bonds is 6. The molecular weight excluding hydrogens is 302 g/mol. The SMILES string of the molecule is CCCNC(=O)CN1CCC(Nc2nc(C)cc(C)c2C#N)CC1. The Hall–Kier alpha value is -2.13. The number of nitrogens with one attached hydrogen (secondary N) is 2. The van der Waals surface area contributed by atoms with Gasteiger partial charge in [-0.25, -0.2) is 4.98 Å². The summed E-state index contributed by atoms with van der Waals surface area (Å²) >= 11 is 0. The van der Waals surface area contributed by atoms with Crippen LogP contribution in [0, 0.1) is 25.2 Å². The average Bonchev–Trinajstić information content (AvgIpc) is 2.54. The molecule has 2 N–H and O–H groups in total. The zero-order valence-corrected chi connectivity index (χ0v) is 14.9. The van der Waals surface area contributed by atoms with Crippen molar-refractivity contribution in [2.75, 3.05) is 31.5 Å². The van der Waals surface area contributed by atoms with Gasteiger partial charge in [0.25, 0.3) is 0 Å². The molecule has 0 bridgehead atoms. The van der Waals surface area contributed by atoms with Crippen LogP contribution in [0.25, 0.3) is 0 Å². The number of anilines is 1. The zero-order chi connectivity index (χ0) is 17.5. The third-order valence-electron chi connectivity index (χ3n) is 4.32. The molecule has 0 unspecified atom stereocenters. The van der Waals surface area contributed by atoms with Crippen molar-refractivity contribution in [2.24, 2.45) is 0 Å². The third-order valence-corrected chi connectivity index (χ3v) is 4.32. The summed E-state index contributed by atoms with van der Waals surface area (Å²) in [4.78, 5) is 18.5. The number of aryl methyl sites for hydroxylation is 2. The Morgan fingerprint density at radius 1 is 1.42 bits per heavy atom. The summed E-state index contributed by atoms with van der Waals surface area (Å²) in [5.74, 6) is 0.792. The van der Waals surface area contributed by atoms with E-state index >= 15 is 0 Å². The molecule has 2 rings (SSSR count). The summed E-state index contributed by atoms with van der Waals surface area (Å²) < 4.78 is 0. The summed E-state index contributed by atoms with van der Waals surface area (Å²) in [5.41, 5.74) is 2.50. The van der Waals surface area contributed by atoms with E-state index in [9.17, 15) is 10.1 Å². The van der Waals surface area contributed by atoms with Crippen molar-refractivity contribution in [1.29, 1.82) is 5.26 Å². The molecule has 1 saturated heterocycles. The van der Waals surface area contributed by atoms with E-state index in [2.05, 4.69) is 26.6 Å². The fraction of sp³-hybridized carbons (Fsp3) is 0.611. The second-order valence-electron chi connectivity index (χ2n) is 6.46. The van der Waals surface area contributed by atoms with Crippen LogP contribution < -0.4 is 10.6 Å². The van der Waals surface area contributed by atoms with E-state index in [4.69, 9.17) is 0 Å². The van der Waals surface area contributed by atoms with Gasteiger partial charge < -0.3 is 10.6 Å². The highest BCUT2D eigenvalue weighted by Gasteiger charge is 2.22. The summed E-state index contributed by atoms with van der Waals surface area (Å²) in [7, 11) is 0. The molecule has 0 spiro atoms. The van der Waals surface area contributed by atoms with Crippen LogP contribution in [0.2, 0.25) is 0 Å². The zero-order valence-electron chi connectivity index (χ0n) is 14.9. The van der Waals surface area contributed by atoms with Gasteiger partial charge in [-0.15, -0.1) is 0 Å². The molecule has 0 atom stereocenters. The highest BCUT2D eigenvalue weighted by atomic mass is 16.2. The Morgan fingerprint density at radius 2 is 2.12 bits per heavy atom. The van der Waals surface area contributed by atoms with Gasteiger partial charge >= 0.3 is 0 Å². The van der Waals surface area contributed by atoms with E-state index < -0.39 is 0 Å². The van der Waals surface area contributed by atoms with E-state index in [1.165, 1.54) is 0 Å². The van der Waals surface area contributed by atoms with E-state index in [-0.39, 0.29) is 5.91 Å². The normalized spacial score (nSPS) is 15.8. The minimum atomic E-state index is 0.103. The Kier molecular flexibility index (Phi) is 6.56. The maximum absolute atomic E-state index is 11.8. The Labute approximate surface area is 144 Å². The number of nitrogens with zero attached hydrogens (tertiary/aromatic N) is 3. The van der Waals surface area contributed by atoms with Crippen molar-refractivity contribution in [3.05, 3.63) is 22.9 Å². The molecule has 24 heavy (non-hydrogen) atoms. The van der Waals surface area contributed by atoms with Gasteiger partial charge in [-0.3, -0.25) is 9.69 Å². The summed E-state index contributed by atoms with van der Waals surface area (Å²) in [5, 5.41) is 15.7. The van der Waals surface area contributed by atoms with E-state index in [0.717, 1.165) is 50.2 Å². The van der Waals surface area contributed by atoms with Crippen LogP contribution in [0.3, 0.4) is 0 Å². The van der Waals surface area contributed by atoms with Gasteiger partial charge in [0.05, 0.1) is 12.1 Å². The molecule has 0 aromatic carbocycles. The van der Waals surface area contributed by atoms with E-state index in [1.807, 2.05) is 26.8 Å². The molecule has 0 saturated carbocycles. The van der Waals surface area contributed by atoms with Crippen LogP contribution in [0.5, 0.6) is 0 Å². The van der Waals surface area contributed by atoms with Crippen LogP contribution >= 0.6 is 0 Å². The number of aromatic nitrogens is 1. The van der Waals surface area contributed by atoms with E-state index in [1.54, 1.807) is 0 Å². The van der Waals surface area contributed by atoms with Crippen LogP contribution in [-0.2, 0) is 4.79 Å². The van der Waals surface area contributed by atoms with Crippen LogP contribution in [0.4, 0.5) is 5.82 Å². The number of hydrogen-bond donors (Lipinski definition) is 2. The monoisotopic (exact) mass is 329 g/mol. The predicted molar refractivity (Wildman–Crippen MR) is 94.8 cm³/mol. The highest BCUT2D eigenvalue weighted by Crippen LogP contribution is 2.21. The first-order valence-corrected chi connectivity index (χ1v) is 8.67. The number of amides is 1. The molecular formula is C18H27N5O. The van der Waals surface area contributed by atoms with Crippen molar-refractivity contribution >= 4 is 11.7 Å². The second kappa shape index (κ2) is 8.65. The Morgan fingerprint density at radius 3 is 2.75 bits per heavy atom. The molecule has 1 aromatic heterocycles. The molecule has 2 heterocycles. The molecule has 0 aliphatic carbocycles. The maximum atomic E-state index is 11.8. The Balaban J connectivity index is 1.88. The fourth-order valence-corrected chi connectivity index (χ4v) is 3.03. The summed E-state index contributed by atoms with van der Waals surface area (Å²) in [6, 6.07) is 4.47. The average molecular weight is 329 g/mol. The topological polar surface area (TPSA) is 81.1 Å². The van der Waals surface area contributed by atoms with Crippen molar-refractivity contribution in [3.63, 3.8) is 0 Å². The van der Waals surface area contributed by atoms with Crippen molar-refractivity contribution < 1.29 is 4.79 Å². The van der Waals surface area contributed by atoms with Gasteiger partial charge in [0.15, 0.2) is 0 Å². The number of carbonyl (C=O) groups is 1. The maximum Gasteiger partial charge on any atom is 0.234 e. The van der Waals surface area contributed by atoms with Crippen LogP contribution in [0.15, 0.2) is 6.07 Å². The quantitative estimate of drug-likeness (QED) is 0.834. The fourth-order valence-electron chi connectivity index (χ4n) is 3.03. The molecule has 1 fully saturated rings. The largest absolute Gasteiger partial charge is 0.366 e. The van der Waals surface area contributed by atoms with Gasteiger partial charge in [0.1, 0.15) is 11.9 Å². The number of nitriles is 1. The number of carbonyl (C=O) groups excluding carboxylic acids is 1. The lowest BCUT2D eigenvalue weighted by molar-refractivity contribution is -0.122. The molecule has 1 aliphatic heterocycles. The van der Waals surface area contributed by atoms with Crippen molar-refractivity contribution in [1.82, 2.24) is 15.2 Å². The first-order valence-electron chi connectivity index (χ1n) is 8.67. The van der Waals surface area contributed by atoms with Crippen LogP contribution in [-0.4, -0.2) is 48.0 Å². The van der Waals surface area contributed by atoms with Crippen molar-refractivity contribution in [3.8, 4) is 6.07 Å². The molecule has 130 valence electrons. The standard InChI is InChI=1S/C18H27N5O/c1-4-7-20-17(24)12-23-8-5-15(6-9-23)22-18-16(11-19)13(2)10-14(3)21-18/h10,15H,4-9,12H2,1-3H3,(H,20,24)(H,21,22). The molecule has 1 aromatic rings. The smallest absolute Gasteiger partial charge is 0.234 e. The van der Waals surface area contributed by atoms with Gasteiger partial charge in [0, 0.05) is 31.4 Å².